The molecule has 0 saturated heterocycles. The summed E-state index contributed by atoms with van der Waals surface area (Å²) in [5.74, 6) is -0.572. The zero-order chi connectivity index (χ0) is 15.4. The van der Waals surface area contributed by atoms with E-state index in [2.05, 4.69) is 25.8 Å². The number of nitrogen functional groups attached to an aromatic ring is 1. The van der Waals surface area contributed by atoms with E-state index in [0.29, 0.717) is 17.8 Å². The molecule has 0 aliphatic carbocycles. The number of aryl methyl sites for hydroxylation is 1. The number of hydrogen-bond acceptors (Lipinski definition) is 5. The maximum atomic E-state index is 11.9. The zero-order valence-corrected chi connectivity index (χ0v) is 11.7. The lowest BCUT2D eigenvalue weighted by molar-refractivity contribution is 0.0955. The van der Waals surface area contributed by atoms with Gasteiger partial charge >= 0.3 is 0 Å². The third kappa shape index (κ3) is 3.35. The first-order chi connectivity index (χ1) is 10.0. The average Bonchev–Trinajstić information content (AvgIpc) is 2.88. The van der Waals surface area contributed by atoms with E-state index in [1.54, 1.807) is 25.1 Å². The molecule has 1 aromatic heterocycles. The SMILES string of the molecule is CCNC(=O)c1ccc(NC(=O)c2nc(N)n[nH]2)c(C)c1. The second-order valence-corrected chi connectivity index (χ2v) is 4.39. The van der Waals surface area contributed by atoms with Crippen molar-refractivity contribution in [2.45, 2.75) is 13.8 Å². The van der Waals surface area contributed by atoms with Crippen molar-refractivity contribution in [3.05, 3.63) is 35.2 Å². The maximum Gasteiger partial charge on any atom is 0.293 e. The molecule has 2 amide bonds. The van der Waals surface area contributed by atoms with E-state index in [0.717, 1.165) is 5.56 Å². The van der Waals surface area contributed by atoms with Crippen molar-refractivity contribution in [1.82, 2.24) is 20.5 Å². The van der Waals surface area contributed by atoms with Crippen molar-refractivity contribution >= 4 is 23.5 Å². The standard InChI is InChI=1S/C13H16N6O2/c1-3-15-11(20)8-4-5-9(7(2)6-8)16-12(21)10-17-13(14)19-18-10/h4-6H,3H2,1-2H3,(H,15,20)(H,16,21)(H3,14,17,18,19). The summed E-state index contributed by atoms with van der Waals surface area (Å²) in [5, 5.41) is 11.4. The van der Waals surface area contributed by atoms with Gasteiger partial charge in [0.1, 0.15) is 0 Å². The van der Waals surface area contributed by atoms with E-state index in [4.69, 9.17) is 5.73 Å². The van der Waals surface area contributed by atoms with Gasteiger partial charge in [-0.25, -0.2) is 0 Å². The van der Waals surface area contributed by atoms with Crippen molar-refractivity contribution in [2.75, 3.05) is 17.6 Å². The minimum atomic E-state index is -0.451. The van der Waals surface area contributed by atoms with Gasteiger partial charge in [-0.2, -0.15) is 4.98 Å². The van der Waals surface area contributed by atoms with Gasteiger partial charge in [0, 0.05) is 17.8 Å². The number of anilines is 2. The Balaban J connectivity index is 2.14. The number of nitrogens with two attached hydrogens (primary N) is 1. The van der Waals surface area contributed by atoms with Crippen LogP contribution in [0.2, 0.25) is 0 Å². The Morgan fingerprint density at radius 1 is 1.33 bits per heavy atom. The molecular formula is C13H16N6O2. The first kappa shape index (κ1) is 14.5. The second-order valence-electron chi connectivity index (χ2n) is 4.39. The van der Waals surface area contributed by atoms with Gasteiger partial charge in [0.05, 0.1) is 0 Å². The number of H-pyrrole nitrogens is 1. The van der Waals surface area contributed by atoms with E-state index >= 15 is 0 Å². The van der Waals surface area contributed by atoms with Gasteiger partial charge in [0.15, 0.2) is 0 Å². The van der Waals surface area contributed by atoms with Crippen LogP contribution in [0.1, 0.15) is 33.5 Å². The normalized spacial score (nSPS) is 10.2. The average molecular weight is 288 g/mol. The number of carbonyl (C=O) groups is 2. The minimum absolute atomic E-state index is 0.00320. The van der Waals surface area contributed by atoms with Gasteiger partial charge in [0.2, 0.25) is 11.8 Å². The molecule has 1 heterocycles. The summed E-state index contributed by atoms with van der Waals surface area (Å²) in [6.45, 7) is 4.21. The van der Waals surface area contributed by atoms with Crippen LogP contribution in [0, 0.1) is 6.92 Å². The summed E-state index contributed by atoms with van der Waals surface area (Å²) in [6, 6.07) is 5.01. The highest BCUT2D eigenvalue weighted by molar-refractivity contribution is 6.02. The number of benzene rings is 1. The van der Waals surface area contributed by atoms with E-state index in [-0.39, 0.29) is 17.7 Å². The lowest BCUT2D eigenvalue weighted by Gasteiger charge is -2.09. The molecule has 0 bridgehead atoms. The molecule has 0 atom stereocenters. The fourth-order valence-corrected chi connectivity index (χ4v) is 1.77. The number of aromatic nitrogens is 3. The number of rotatable bonds is 4. The van der Waals surface area contributed by atoms with Crippen LogP contribution in [-0.4, -0.2) is 33.5 Å². The molecule has 8 nitrogen and oxygen atoms in total. The van der Waals surface area contributed by atoms with E-state index in [1.807, 2.05) is 6.92 Å². The Morgan fingerprint density at radius 2 is 2.10 bits per heavy atom. The van der Waals surface area contributed by atoms with E-state index < -0.39 is 5.91 Å². The molecule has 0 aliphatic heterocycles. The Bertz CT molecular complexity index is 679. The molecule has 0 unspecified atom stereocenters. The monoisotopic (exact) mass is 288 g/mol. The van der Waals surface area contributed by atoms with Gasteiger partial charge in [-0.3, -0.25) is 14.7 Å². The topological polar surface area (TPSA) is 126 Å². The molecule has 2 rings (SSSR count). The van der Waals surface area contributed by atoms with Crippen molar-refractivity contribution < 1.29 is 9.59 Å². The number of carbonyl (C=O) groups excluding carboxylic acids is 2. The van der Waals surface area contributed by atoms with Crippen molar-refractivity contribution in [3.63, 3.8) is 0 Å². The first-order valence-corrected chi connectivity index (χ1v) is 6.39. The number of aromatic amines is 1. The lowest BCUT2D eigenvalue weighted by Crippen LogP contribution is -2.23. The summed E-state index contributed by atoms with van der Waals surface area (Å²) in [6.07, 6.45) is 0. The van der Waals surface area contributed by atoms with Gasteiger partial charge < -0.3 is 16.4 Å². The number of amides is 2. The van der Waals surface area contributed by atoms with Crippen LogP contribution < -0.4 is 16.4 Å². The van der Waals surface area contributed by atoms with Crippen LogP contribution in [0.3, 0.4) is 0 Å². The smallest absolute Gasteiger partial charge is 0.293 e. The summed E-state index contributed by atoms with van der Waals surface area (Å²) < 4.78 is 0. The molecule has 0 radical (unpaired) electrons. The predicted octanol–water partition coefficient (Wildman–Crippen LogP) is 0.697. The molecule has 0 fully saturated rings. The molecule has 21 heavy (non-hydrogen) atoms. The largest absolute Gasteiger partial charge is 0.366 e. The van der Waals surface area contributed by atoms with Gasteiger partial charge in [-0.05, 0) is 37.6 Å². The predicted molar refractivity (Wildman–Crippen MR) is 77.9 cm³/mol. The quantitative estimate of drug-likeness (QED) is 0.658. The second kappa shape index (κ2) is 6.04. The maximum absolute atomic E-state index is 11.9. The number of hydrogen-bond donors (Lipinski definition) is 4. The summed E-state index contributed by atoms with van der Waals surface area (Å²) in [5.41, 5.74) is 7.23. The van der Waals surface area contributed by atoms with Crippen LogP contribution in [0.15, 0.2) is 18.2 Å². The Labute approximate surface area is 121 Å². The highest BCUT2D eigenvalue weighted by Crippen LogP contribution is 2.17. The number of nitrogens with zero attached hydrogens (tertiary/aromatic N) is 2. The van der Waals surface area contributed by atoms with Crippen LogP contribution in [0.4, 0.5) is 11.6 Å². The van der Waals surface area contributed by atoms with Crippen LogP contribution >= 0.6 is 0 Å². The highest BCUT2D eigenvalue weighted by Gasteiger charge is 2.13. The molecular weight excluding hydrogens is 272 g/mol. The lowest BCUT2D eigenvalue weighted by atomic mass is 10.1. The minimum Gasteiger partial charge on any atom is -0.366 e. The molecule has 0 spiro atoms. The van der Waals surface area contributed by atoms with Gasteiger partial charge in [-0.15, -0.1) is 5.10 Å². The van der Waals surface area contributed by atoms with Gasteiger partial charge in [0.25, 0.3) is 11.8 Å². The highest BCUT2D eigenvalue weighted by atomic mass is 16.2. The molecule has 8 heteroatoms. The third-order valence-corrected chi connectivity index (χ3v) is 2.79. The van der Waals surface area contributed by atoms with Crippen LogP contribution in [0.5, 0.6) is 0 Å². The third-order valence-electron chi connectivity index (χ3n) is 2.79. The Hall–Kier alpha value is -2.90. The summed E-state index contributed by atoms with van der Waals surface area (Å²) in [7, 11) is 0. The molecule has 0 saturated carbocycles. The molecule has 2 aromatic rings. The molecule has 5 N–H and O–H groups in total. The van der Waals surface area contributed by atoms with Crippen molar-refractivity contribution in [2.24, 2.45) is 0 Å². The van der Waals surface area contributed by atoms with Crippen LogP contribution in [-0.2, 0) is 0 Å². The zero-order valence-electron chi connectivity index (χ0n) is 11.7. The summed E-state index contributed by atoms with van der Waals surface area (Å²) >= 11 is 0. The molecule has 110 valence electrons. The van der Waals surface area contributed by atoms with Gasteiger partial charge in [-0.1, -0.05) is 0 Å². The first-order valence-electron chi connectivity index (χ1n) is 6.39. The van der Waals surface area contributed by atoms with Crippen molar-refractivity contribution in [1.29, 1.82) is 0 Å². The van der Waals surface area contributed by atoms with Crippen molar-refractivity contribution in [3.8, 4) is 0 Å². The fourth-order valence-electron chi connectivity index (χ4n) is 1.77. The van der Waals surface area contributed by atoms with E-state index in [9.17, 15) is 9.59 Å². The van der Waals surface area contributed by atoms with E-state index in [1.165, 1.54) is 0 Å². The molecule has 1 aromatic carbocycles. The Kier molecular flexibility index (Phi) is 4.17. The Morgan fingerprint density at radius 3 is 2.67 bits per heavy atom. The fraction of sp³-hybridized carbons (Fsp3) is 0.231. The number of nitrogens with one attached hydrogen (secondary N) is 3. The van der Waals surface area contributed by atoms with Crippen LogP contribution in [0.25, 0.3) is 0 Å². The summed E-state index contributed by atoms with van der Waals surface area (Å²) in [4.78, 5) is 27.4. The molecule has 0 aliphatic rings.